The number of benzene rings is 1. The summed E-state index contributed by atoms with van der Waals surface area (Å²) in [6.07, 6.45) is 3.48. The third kappa shape index (κ3) is 4.33. The second-order valence-electron chi connectivity index (χ2n) is 6.69. The average Bonchev–Trinajstić information content (AvgIpc) is 2.47. The zero-order valence-electron chi connectivity index (χ0n) is 14.4. The van der Waals surface area contributed by atoms with Gasteiger partial charge in [0.2, 0.25) is 0 Å². The second kappa shape index (κ2) is 7.77. The van der Waals surface area contributed by atoms with Gasteiger partial charge >= 0.3 is 0 Å². The van der Waals surface area contributed by atoms with Crippen molar-refractivity contribution in [2.75, 3.05) is 26.2 Å². The molecule has 1 fully saturated rings. The molecule has 1 aromatic carbocycles. The number of carbonyl (C=O) groups excluding carboxylic acids is 1. The topological polar surface area (TPSA) is 29.5 Å². The standard InChI is InChI=1S/C19H29NO2/c1-5-9-22-19-11-15(3)17(10-16(19)4)18(21)13-20-8-6-7-14(2)12-20/h10-11,14H,5-9,12-13H2,1-4H3. The van der Waals surface area contributed by atoms with Gasteiger partial charge in [0.1, 0.15) is 5.75 Å². The summed E-state index contributed by atoms with van der Waals surface area (Å²) in [5, 5.41) is 0. The number of hydrogen-bond donors (Lipinski definition) is 0. The molecular weight excluding hydrogens is 274 g/mol. The molecule has 0 aromatic heterocycles. The third-order valence-electron chi connectivity index (χ3n) is 4.39. The molecule has 0 amide bonds. The van der Waals surface area contributed by atoms with Gasteiger partial charge in [0.05, 0.1) is 13.2 Å². The molecular formula is C19H29NO2. The molecule has 3 heteroatoms. The Morgan fingerprint density at radius 1 is 1.32 bits per heavy atom. The van der Waals surface area contributed by atoms with Crippen molar-refractivity contribution < 1.29 is 9.53 Å². The van der Waals surface area contributed by atoms with Gasteiger partial charge in [-0.15, -0.1) is 0 Å². The number of piperidine rings is 1. The van der Waals surface area contributed by atoms with Crippen LogP contribution < -0.4 is 4.74 Å². The van der Waals surface area contributed by atoms with Crippen LogP contribution >= 0.6 is 0 Å². The van der Waals surface area contributed by atoms with Crippen LogP contribution in [0, 0.1) is 19.8 Å². The third-order valence-corrected chi connectivity index (χ3v) is 4.39. The Morgan fingerprint density at radius 3 is 2.77 bits per heavy atom. The minimum absolute atomic E-state index is 0.233. The van der Waals surface area contributed by atoms with Crippen LogP contribution in [0.1, 0.15) is 54.6 Å². The molecule has 2 rings (SSSR count). The Bertz CT molecular complexity index is 524. The van der Waals surface area contributed by atoms with Crippen molar-refractivity contribution in [1.29, 1.82) is 0 Å². The van der Waals surface area contributed by atoms with E-state index in [9.17, 15) is 4.79 Å². The van der Waals surface area contributed by atoms with E-state index in [1.54, 1.807) is 0 Å². The van der Waals surface area contributed by atoms with Crippen LogP contribution in [0.15, 0.2) is 12.1 Å². The van der Waals surface area contributed by atoms with Gasteiger partial charge in [-0.25, -0.2) is 0 Å². The summed E-state index contributed by atoms with van der Waals surface area (Å²) >= 11 is 0. The van der Waals surface area contributed by atoms with E-state index in [2.05, 4.69) is 18.7 Å². The number of likely N-dealkylation sites (tertiary alicyclic amines) is 1. The Labute approximate surface area is 134 Å². The van der Waals surface area contributed by atoms with E-state index >= 15 is 0 Å². The maximum atomic E-state index is 12.6. The van der Waals surface area contributed by atoms with Crippen LogP contribution in [0.4, 0.5) is 0 Å². The predicted octanol–water partition coefficient (Wildman–Crippen LogP) is 4.01. The molecule has 0 N–H and O–H groups in total. The SMILES string of the molecule is CCCOc1cc(C)c(C(=O)CN2CCCC(C)C2)cc1C. The number of hydrogen-bond acceptors (Lipinski definition) is 3. The lowest BCUT2D eigenvalue weighted by Crippen LogP contribution is -2.38. The van der Waals surface area contributed by atoms with Gasteiger partial charge in [-0.3, -0.25) is 9.69 Å². The molecule has 0 aliphatic carbocycles. The molecule has 3 nitrogen and oxygen atoms in total. The minimum atomic E-state index is 0.233. The first kappa shape index (κ1) is 17.0. The summed E-state index contributed by atoms with van der Waals surface area (Å²) in [5.41, 5.74) is 2.92. The fourth-order valence-corrected chi connectivity index (χ4v) is 3.18. The van der Waals surface area contributed by atoms with Crippen molar-refractivity contribution in [3.8, 4) is 5.75 Å². The molecule has 1 unspecified atom stereocenters. The number of carbonyl (C=O) groups is 1. The maximum Gasteiger partial charge on any atom is 0.177 e. The summed E-state index contributed by atoms with van der Waals surface area (Å²) in [6.45, 7) is 11.7. The molecule has 0 saturated carbocycles. The summed E-state index contributed by atoms with van der Waals surface area (Å²) < 4.78 is 5.74. The van der Waals surface area contributed by atoms with E-state index in [0.29, 0.717) is 12.5 Å². The van der Waals surface area contributed by atoms with E-state index in [1.807, 2.05) is 26.0 Å². The molecule has 0 radical (unpaired) electrons. The Balaban J connectivity index is 2.07. The molecule has 0 bridgehead atoms. The molecule has 1 atom stereocenters. The van der Waals surface area contributed by atoms with Gasteiger partial charge in [-0.1, -0.05) is 13.8 Å². The van der Waals surface area contributed by atoms with E-state index in [-0.39, 0.29) is 5.78 Å². The first-order chi connectivity index (χ1) is 10.5. The molecule has 0 spiro atoms. The highest BCUT2D eigenvalue weighted by atomic mass is 16.5. The highest BCUT2D eigenvalue weighted by molar-refractivity contribution is 5.99. The van der Waals surface area contributed by atoms with Crippen LogP contribution in [0.5, 0.6) is 5.75 Å². The fourth-order valence-electron chi connectivity index (χ4n) is 3.18. The number of Topliss-reactive ketones (excluding diaryl/α,β-unsaturated/α-hetero) is 1. The summed E-state index contributed by atoms with van der Waals surface area (Å²) in [6, 6.07) is 4.01. The number of aryl methyl sites for hydroxylation is 2. The summed E-state index contributed by atoms with van der Waals surface area (Å²) in [7, 11) is 0. The monoisotopic (exact) mass is 303 g/mol. The fraction of sp³-hybridized carbons (Fsp3) is 0.632. The van der Waals surface area contributed by atoms with Crippen LogP contribution in [-0.2, 0) is 0 Å². The molecule has 122 valence electrons. The lowest BCUT2D eigenvalue weighted by atomic mass is 9.97. The van der Waals surface area contributed by atoms with E-state index in [0.717, 1.165) is 48.6 Å². The average molecular weight is 303 g/mol. The molecule has 1 saturated heterocycles. The zero-order chi connectivity index (χ0) is 16.1. The van der Waals surface area contributed by atoms with E-state index in [4.69, 9.17) is 4.74 Å². The van der Waals surface area contributed by atoms with Crippen molar-refractivity contribution in [3.05, 3.63) is 28.8 Å². The second-order valence-corrected chi connectivity index (χ2v) is 6.69. The van der Waals surface area contributed by atoms with Crippen molar-refractivity contribution in [2.45, 2.75) is 47.0 Å². The largest absolute Gasteiger partial charge is 0.493 e. The van der Waals surface area contributed by atoms with Crippen LogP contribution in [0.3, 0.4) is 0 Å². The molecule has 1 aliphatic heterocycles. The normalized spacial score (nSPS) is 19.2. The summed E-state index contributed by atoms with van der Waals surface area (Å²) in [5.74, 6) is 1.84. The van der Waals surface area contributed by atoms with E-state index < -0.39 is 0 Å². The van der Waals surface area contributed by atoms with Gasteiger partial charge in [-0.05, 0) is 68.8 Å². The number of ether oxygens (including phenoxy) is 1. The highest BCUT2D eigenvalue weighted by Crippen LogP contribution is 2.24. The Kier molecular flexibility index (Phi) is 6.01. The lowest BCUT2D eigenvalue weighted by Gasteiger charge is -2.30. The van der Waals surface area contributed by atoms with Gasteiger partial charge in [0.25, 0.3) is 0 Å². The van der Waals surface area contributed by atoms with E-state index in [1.165, 1.54) is 12.8 Å². The number of ketones is 1. The lowest BCUT2D eigenvalue weighted by molar-refractivity contribution is 0.0892. The molecule has 1 heterocycles. The van der Waals surface area contributed by atoms with Crippen molar-refractivity contribution in [3.63, 3.8) is 0 Å². The van der Waals surface area contributed by atoms with Gasteiger partial charge < -0.3 is 4.74 Å². The van der Waals surface area contributed by atoms with Gasteiger partial charge in [0.15, 0.2) is 5.78 Å². The number of nitrogens with zero attached hydrogens (tertiary/aromatic N) is 1. The van der Waals surface area contributed by atoms with Gasteiger partial charge in [0, 0.05) is 12.1 Å². The first-order valence-corrected chi connectivity index (χ1v) is 8.50. The quantitative estimate of drug-likeness (QED) is 0.744. The highest BCUT2D eigenvalue weighted by Gasteiger charge is 2.20. The van der Waals surface area contributed by atoms with Crippen LogP contribution in [0.25, 0.3) is 0 Å². The van der Waals surface area contributed by atoms with Crippen molar-refractivity contribution >= 4 is 5.78 Å². The smallest absolute Gasteiger partial charge is 0.177 e. The Morgan fingerprint density at radius 2 is 2.09 bits per heavy atom. The summed E-state index contributed by atoms with van der Waals surface area (Å²) in [4.78, 5) is 14.9. The zero-order valence-corrected chi connectivity index (χ0v) is 14.4. The maximum absolute atomic E-state index is 12.6. The van der Waals surface area contributed by atoms with Gasteiger partial charge in [-0.2, -0.15) is 0 Å². The van der Waals surface area contributed by atoms with Crippen LogP contribution in [0.2, 0.25) is 0 Å². The van der Waals surface area contributed by atoms with Crippen molar-refractivity contribution in [1.82, 2.24) is 4.90 Å². The molecule has 22 heavy (non-hydrogen) atoms. The minimum Gasteiger partial charge on any atom is -0.493 e. The molecule has 1 aromatic rings. The predicted molar refractivity (Wildman–Crippen MR) is 90.9 cm³/mol. The van der Waals surface area contributed by atoms with Crippen molar-refractivity contribution in [2.24, 2.45) is 5.92 Å². The Hall–Kier alpha value is -1.35. The first-order valence-electron chi connectivity index (χ1n) is 8.50. The van der Waals surface area contributed by atoms with Crippen LogP contribution in [-0.4, -0.2) is 36.9 Å². The number of rotatable bonds is 6. The molecule has 1 aliphatic rings.